The Morgan fingerprint density at radius 1 is 1.14 bits per heavy atom. The van der Waals surface area contributed by atoms with E-state index in [1.807, 2.05) is 0 Å². The fourth-order valence-electron chi connectivity index (χ4n) is 4.30. The van der Waals surface area contributed by atoms with Gasteiger partial charge in [-0.3, -0.25) is 14.4 Å². The van der Waals surface area contributed by atoms with Gasteiger partial charge < -0.3 is 10.1 Å². The molecule has 4 rings (SSSR count). The molecule has 1 amide bonds. The standard InChI is InChI=1S/C23H22FNO4/c1-14-18-12-15(4-9-19(18)25-21(14)27)20(26)13-29-22(28)23(10-2-3-11-23)16-5-7-17(24)8-6-16/h4-9,12,14H,2-3,10-11,13H2,1H3,(H,25,27)/t14-/m1/s1. The molecule has 2 aromatic carbocycles. The quantitative estimate of drug-likeness (QED) is 0.611. The summed E-state index contributed by atoms with van der Waals surface area (Å²) in [5.74, 6) is -1.54. The van der Waals surface area contributed by atoms with Crippen LogP contribution in [-0.4, -0.2) is 24.3 Å². The molecule has 6 heteroatoms. The van der Waals surface area contributed by atoms with Gasteiger partial charge in [0.25, 0.3) is 0 Å². The smallest absolute Gasteiger partial charge is 0.317 e. The first-order valence-corrected chi connectivity index (χ1v) is 9.82. The van der Waals surface area contributed by atoms with Crippen molar-refractivity contribution >= 4 is 23.3 Å². The van der Waals surface area contributed by atoms with Gasteiger partial charge in [0, 0.05) is 11.3 Å². The van der Waals surface area contributed by atoms with Crippen molar-refractivity contribution in [3.8, 4) is 0 Å². The fraction of sp³-hybridized carbons (Fsp3) is 0.348. The number of Topliss-reactive ketones (excluding diaryl/α,β-unsaturated/α-hetero) is 1. The van der Waals surface area contributed by atoms with E-state index in [4.69, 9.17) is 4.74 Å². The van der Waals surface area contributed by atoms with E-state index >= 15 is 0 Å². The summed E-state index contributed by atoms with van der Waals surface area (Å²) in [4.78, 5) is 37.3. The van der Waals surface area contributed by atoms with Crippen molar-refractivity contribution in [2.24, 2.45) is 0 Å². The molecule has 0 spiro atoms. The fourth-order valence-corrected chi connectivity index (χ4v) is 4.30. The Morgan fingerprint density at radius 2 is 1.83 bits per heavy atom. The highest BCUT2D eigenvalue weighted by atomic mass is 19.1. The zero-order valence-corrected chi connectivity index (χ0v) is 16.2. The van der Waals surface area contributed by atoms with Crippen LogP contribution in [0.5, 0.6) is 0 Å². The summed E-state index contributed by atoms with van der Waals surface area (Å²) in [5, 5.41) is 2.77. The SMILES string of the molecule is C[C@H]1C(=O)Nc2ccc(C(=O)COC(=O)C3(c4ccc(F)cc4)CCCC3)cc21. The largest absolute Gasteiger partial charge is 0.457 e. The highest BCUT2D eigenvalue weighted by molar-refractivity contribution is 6.05. The molecule has 2 aromatic rings. The second kappa shape index (κ2) is 7.43. The molecule has 1 aliphatic carbocycles. The highest BCUT2D eigenvalue weighted by Gasteiger charge is 2.44. The molecule has 1 saturated carbocycles. The molecular formula is C23H22FNO4. The van der Waals surface area contributed by atoms with Crippen LogP contribution >= 0.6 is 0 Å². The van der Waals surface area contributed by atoms with Crippen molar-refractivity contribution in [1.82, 2.24) is 0 Å². The lowest BCUT2D eigenvalue weighted by molar-refractivity contribution is -0.149. The third-order valence-corrected chi connectivity index (χ3v) is 6.07. The van der Waals surface area contributed by atoms with Crippen LogP contribution in [0.15, 0.2) is 42.5 Å². The average Bonchev–Trinajstić information content (AvgIpc) is 3.32. The van der Waals surface area contributed by atoms with Crippen LogP contribution in [0.2, 0.25) is 0 Å². The molecular weight excluding hydrogens is 373 g/mol. The number of fused-ring (bicyclic) bond motifs is 1. The zero-order chi connectivity index (χ0) is 20.6. The van der Waals surface area contributed by atoms with Gasteiger partial charge in [-0.2, -0.15) is 0 Å². The van der Waals surface area contributed by atoms with Gasteiger partial charge in [0.1, 0.15) is 5.82 Å². The lowest BCUT2D eigenvalue weighted by Crippen LogP contribution is -2.35. The number of anilines is 1. The number of nitrogens with one attached hydrogen (secondary N) is 1. The maximum Gasteiger partial charge on any atom is 0.317 e. The third-order valence-electron chi connectivity index (χ3n) is 6.07. The van der Waals surface area contributed by atoms with E-state index in [2.05, 4.69) is 5.32 Å². The van der Waals surface area contributed by atoms with E-state index in [1.165, 1.54) is 12.1 Å². The molecule has 0 saturated heterocycles. The zero-order valence-electron chi connectivity index (χ0n) is 16.2. The lowest BCUT2D eigenvalue weighted by atomic mass is 9.79. The van der Waals surface area contributed by atoms with Crippen LogP contribution < -0.4 is 5.32 Å². The lowest BCUT2D eigenvalue weighted by Gasteiger charge is -2.27. The van der Waals surface area contributed by atoms with Crippen LogP contribution in [0, 0.1) is 5.82 Å². The summed E-state index contributed by atoms with van der Waals surface area (Å²) in [5.41, 5.74) is 1.78. The van der Waals surface area contributed by atoms with Crippen molar-refractivity contribution in [2.75, 3.05) is 11.9 Å². The van der Waals surface area contributed by atoms with Gasteiger partial charge in [0.2, 0.25) is 5.91 Å². The summed E-state index contributed by atoms with van der Waals surface area (Å²) in [7, 11) is 0. The van der Waals surface area contributed by atoms with Crippen molar-refractivity contribution in [3.63, 3.8) is 0 Å². The molecule has 1 aliphatic heterocycles. The summed E-state index contributed by atoms with van der Waals surface area (Å²) in [6, 6.07) is 10.9. The Balaban J connectivity index is 1.48. The van der Waals surface area contributed by atoms with Gasteiger partial charge in [0.15, 0.2) is 12.4 Å². The number of benzene rings is 2. The average molecular weight is 395 g/mol. The Morgan fingerprint density at radius 3 is 2.52 bits per heavy atom. The van der Waals surface area contributed by atoms with Crippen molar-refractivity contribution < 1.29 is 23.5 Å². The number of hydrogen-bond acceptors (Lipinski definition) is 4. The number of esters is 1. The van der Waals surface area contributed by atoms with Crippen LogP contribution in [-0.2, 0) is 19.7 Å². The van der Waals surface area contributed by atoms with Gasteiger partial charge >= 0.3 is 5.97 Å². The first kappa shape index (κ1) is 19.3. The predicted molar refractivity (Wildman–Crippen MR) is 105 cm³/mol. The minimum Gasteiger partial charge on any atom is -0.457 e. The van der Waals surface area contributed by atoms with E-state index in [-0.39, 0.29) is 30.0 Å². The van der Waals surface area contributed by atoms with Gasteiger partial charge in [-0.05, 0) is 61.2 Å². The van der Waals surface area contributed by atoms with Gasteiger partial charge in [-0.25, -0.2) is 4.39 Å². The molecule has 29 heavy (non-hydrogen) atoms. The van der Waals surface area contributed by atoms with E-state index in [0.717, 1.165) is 24.0 Å². The molecule has 1 atom stereocenters. The second-order valence-corrected chi connectivity index (χ2v) is 7.81. The molecule has 5 nitrogen and oxygen atoms in total. The Bertz CT molecular complexity index is 977. The maximum atomic E-state index is 13.3. The normalized spacial score (nSPS) is 19.5. The molecule has 0 radical (unpaired) electrons. The van der Waals surface area contributed by atoms with E-state index < -0.39 is 11.4 Å². The summed E-state index contributed by atoms with van der Waals surface area (Å²) in [6.45, 7) is 1.41. The number of hydrogen-bond donors (Lipinski definition) is 1. The topological polar surface area (TPSA) is 72.5 Å². The van der Waals surface area contributed by atoms with Crippen molar-refractivity contribution in [3.05, 3.63) is 65.0 Å². The van der Waals surface area contributed by atoms with Crippen molar-refractivity contribution in [2.45, 2.75) is 43.9 Å². The number of ketones is 1. The molecule has 1 N–H and O–H groups in total. The monoisotopic (exact) mass is 395 g/mol. The van der Waals surface area contributed by atoms with Crippen LogP contribution in [0.25, 0.3) is 0 Å². The summed E-state index contributed by atoms with van der Waals surface area (Å²) in [6.07, 6.45) is 3.00. The first-order chi connectivity index (χ1) is 13.9. The molecule has 0 unspecified atom stereocenters. The third kappa shape index (κ3) is 3.43. The molecule has 1 heterocycles. The number of rotatable bonds is 5. The molecule has 0 bridgehead atoms. The predicted octanol–water partition coefficient (Wildman–Crippen LogP) is 4.12. The van der Waals surface area contributed by atoms with Crippen LogP contribution in [0.3, 0.4) is 0 Å². The van der Waals surface area contributed by atoms with E-state index in [0.29, 0.717) is 24.1 Å². The maximum absolute atomic E-state index is 13.3. The molecule has 1 fully saturated rings. The Labute approximate surface area is 168 Å². The molecule has 150 valence electrons. The number of carbonyl (C=O) groups excluding carboxylic acids is 3. The second-order valence-electron chi connectivity index (χ2n) is 7.81. The minimum atomic E-state index is -0.823. The number of amides is 1. The van der Waals surface area contributed by atoms with Crippen LogP contribution in [0.4, 0.5) is 10.1 Å². The number of halogens is 1. The van der Waals surface area contributed by atoms with Gasteiger partial charge in [0.05, 0.1) is 11.3 Å². The Hall–Kier alpha value is -3.02. The molecule has 2 aliphatic rings. The minimum absolute atomic E-state index is 0.0986. The summed E-state index contributed by atoms with van der Waals surface area (Å²) < 4.78 is 18.7. The number of carbonyl (C=O) groups is 3. The highest BCUT2D eigenvalue weighted by Crippen LogP contribution is 2.42. The van der Waals surface area contributed by atoms with Crippen molar-refractivity contribution in [1.29, 1.82) is 0 Å². The van der Waals surface area contributed by atoms with E-state index in [1.54, 1.807) is 37.3 Å². The van der Waals surface area contributed by atoms with Gasteiger partial charge in [-0.15, -0.1) is 0 Å². The first-order valence-electron chi connectivity index (χ1n) is 9.82. The summed E-state index contributed by atoms with van der Waals surface area (Å²) >= 11 is 0. The van der Waals surface area contributed by atoms with Gasteiger partial charge in [-0.1, -0.05) is 25.0 Å². The van der Waals surface area contributed by atoms with Crippen LogP contribution in [0.1, 0.15) is 60.0 Å². The molecule has 0 aromatic heterocycles. The Kier molecular flexibility index (Phi) is 4.94. The number of ether oxygens (including phenoxy) is 1. The van der Waals surface area contributed by atoms with E-state index in [9.17, 15) is 18.8 Å².